The molecular formula is C17H27BrN4O3. The molecule has 0 spiro atoms. The van der Waals surface area contributed by atoms with Crippen LogP contribution in [0.5, 0.6) is 0 Å². The lowest BCUT2D eigenvalue weighted by atomic mass is 10.2. The Bertz CT molecular complexity index is 523. The number of hydrogen-bond acceptors (Lipinski definition) is 4. The molecule has 0 unspecified atom stereocenters. The predicted molar refractivity (Wildman–Crippen MR) is 103 cm³/mol. The minimum Gasteiger partial charge on any atom is -0.382 e. The van der Waals surface area contributed by atoms with E-state index in [0.29, 0.717) is 44.4 Å². The number of carbonyl (C=O) groups is 1. The summed E-state index contributed by atoms with van der Waals surface area (Å²) in [6.07, 6.45) is 0.880. The van der Waals surface area contributed by atoms with Gasteiger partial charge in [-0.3, -0.25) is 9.79 Å². The van der Waals surface area contributed by atoms with Crippen molar-refractivity contribution in [1.29, 1.82) is 0 Å². The fraction of sp³-hybridized carbons (Fsp3) is 0.529. The van der Waals surface area contributed by atoms with Crippen LogP contribution in [0.3, 0.4) is 0 Å². The summed E-state index contributed by atoms with van der Waals surface area (Å²) < 4.78 is 11.2. The SMILES string of the molecule is CN=C(NCCCOCCOC)NCCNC(=O)c1ccc(Br)cc1. The van der Waals surface area contributed by atoms with Crippen LogP contribution in [-0.2, 0) is 9.47 Å². The van der Waals surface area contributed by atoms with Crippen molar-refractivity contribution in [1.82, 2.24) is 16.0 Å². The molecule has 0 atom stereocenters. The summed E-state index contributed by atoms with van der Waals surface area (Å²) >= 11 is 3.35. The highest BCUT2D eigenvalue weighted by Gasteiger charge is 2.04. The second kappa shape index (κ2) is 13.6. The number of amides is 1. The van der Waals surface area contributed by atoms with Gasteiger partial charge in [0, 0.05) is 50.4 Å². The van der Waals surface area contributed by atoms with Crippen molar-refractivity contribution in [2.45, 2.75) is 6.42 Å². The molecule has 8 heteroatoms. The molecule has 1 aromatic rings. The maximum Gasteiger partial charge on any atom is 0.251 e. The maximum absolute atomic E-state index is 12.0. The van der Waals surface area contributed by atoms with E-state index in [1.807, 2.05) is 12.1 Å². The summed E-state index contributed by atoms with van der Waals surface area (Å²) in [5.41, 5.74) is 0.638. The van der Waals surface area contributed by atoms with Crippen LogP contribution in [0.1, 0.15) is 16.8 Å². The van der Waals surface area contributed by atoms with E-state index in [1.54, 1.807) is 26.3 Å². The number of hydrogen-bond donors (Lipinski definition) is 3. The zero-order valence-electron chi connectivity index (χ0n) is 14.8. The summed E-state index contributed by atoms with van der Waals surface area (Å²) in [7, 11) is 3.37. The molecule has 0 heterocycles. The second-order valence-corrected chi connectivity index (χ2v) is 6.06. The van der Waals surface area contributed by atoms with Crippen molar-refractivity contribution in [2.75, 3.05) is 53.6 Å². The zero-order chi connectivity index (χ0) is 18.3. The third kappa shape index (κ3) is 10.1. The van der Waals surface area contributed by atoms with Gasteiger partial charge in [0.15, 0.2) is 5.96 Å². The topological polar surface area (TPSA) is 84.0 Å². The number of rotatable bonds is 11. The lowest BCUT2D eigenvalue weighted by Gasteiger charge is -2.12. The molecule has 0 aliphatic heterocycles. The number of nitrogens with zero attached hydrogens (tertiary/aromatic N) is 1. The second-order valence-electron chi connectivity index (χ2n) is 5.15. The van der Waals surface area contributed by atoms with E-state index in [1.165, 1.54) is 0 Å². The van der Waals surface area contributed by atoms with Crippen molar-refractivity contribution < 1.29 is 14.3 Å². The number of nitrogens with one attached hydrogen (secondary N) is 3. The van der Waals surface area contributed by atoms with E-state index in [9.17, 15) is 4.79 Å². The molecule has 1 amide bonds. The summed E-state index contributed by atoms with van der Waals surface area (Å²) in [5, 5.41) is 9.21. The Hall–Kier alpha value is -1.64. The molecule has 0 radical (unpaired) electrons. The van der Waals surface area contributed by atoms with Crippen molar-refractivity contribution >= 4 is 27.8 Å². The Balaban J connectivity index is 2.10. The van der Waals surface area contributed by atoms with E-state index in [0.717, 1.165) is 17.4 Å². The fourth-order valence-electron chi connectivity index (χ4n) is 1.91. The third-order valence-corrected chi connectivity index (χ3v) is 3.75. The van der Waals surface area contributed by atoms with Crippen LogP contribution in [0.2, 0.25) is 0 Å². The van der Waals surface area contributed by atoms with Crippen molar-refractivity contribution in [2.24, 2.45) is 4.99 Å². The summed E-state index contributed by atoms with van der Waals surface area (Å²) in [6.45, 7) is 3.76. The summed E-state index contributed by atoms with van der Waals surface area (Å²) in [4.78, 5) is 16.1. The van der Waals surface area contributed by atoms with Gasteiger partial charge in [0.25, 0.3) is 5.91 Å². The lowest BCUT2D eigenvalue weighted by molar-refractivity contribution is 0.0698. The first-order chi connectivity index (χ1) is 12.2. The number of guanidine groups is 1. The molecule has 0 fully saturated rings. The molecule has 1 rings (SSSR count). The van der Waals surface area contributed by atoms with Gasteiger partial charge in [-0.1, -0.05) is 15.9 Å². The minimum atomic E-state index is -0.0922. The highest BCUT2D eigenvalue weighted by molar-refractivity contribution is 9.10. The van der Waals surface area contributed by atoms with Crippen LogP contribution < -0.4 is 16.0 Å². The van der Waals surface area contributed by atoms with E-state index < -0.39 is 0 Å². The van der Waals surface area contributed by atoms with Crippen LogP contribution in [0.25, 0.3) is 0 Å². The summed E-state index contributed by atoms with van der Waals surface area (Å²) in [5.74, 6) is 0.611. The van der Waals surface area contributed by atoms with Crippen LogP contribution in [0.4, 0.5) is 0 Å². The Morgan fingerprint density at radius 1 is 1.04 bits per heavy atom. The largest absolute Gasteiger partial charge is 0.382 e. The minimum absolute atomic E-state index is 0.0922. The normalized spacial score (nSPS) is 11.2. The number of aliphatic imine (C=N–C) groups is 1. The Morgan fingerprint density at radius 3 is 2.40 bits per heavy atom. The Kier molecular flexibility index (Phi) is 11.7. The van der Waals surface area contributed by atoms with Gasteiger partial charge >= 0.3 is 0 Å². The molecule has 1 aromatic carbocycles. The predicted octanol–water partition coefficient (Wildman–Crippen LogP) is 1.40. The molecule has 140 valence electrons. The lowest BCUT2D eigenvalue weighted by Crippen LogP contribution is -2.42. The first-order valence-corrected chi connectivity index (χ1v) is 9.01. The van der Waals surface area contributed by atoms with Crippen LogP contribution in [0, 0.1) is 0 Å². The van der Waals surface area contributed by atoms with Gasteiger partial charge in [0.2, 0.25) is 0 Å². The fourth-order valence-corrected chi connectivity index (χ4v) is 2.17. The molecule has 0 saturated heterocycles. The van der Waals surface area contributed by atoms with Crippen LogP contribution >= 0.6 is 15.9 Å². The molecule has 0 aliphatic rings. The molecule has 0 saturated carbocycles. The molecule has 0 bridgehead atoms. The van der Waals surface area contributed by atoms with E-state index in [2.05, 4.69) is 36.9 Å². The first-order valence-electron chi connectivity index (χ1n) is 8.22. The van der Waals surface area contributed by atoms with Crippen molar-refractivity contribution in [3.05, 3.63) is 34.3 Å². The van der Waals surface area contributed by atoms with Gasteiger partial charge in [-0.2, -0.15) is 0 Å². The Labute approximate surface area is 157 Å². The number of ether oxygens (including phenoxy) is 2. The number of halogens is 1. The van der Waals surface area contributed by atoms with E-state index >= 15 is 0 Å². The average molecular weight is 415 g/mol. The van der Waals surface area contributed by atoms with E-state index in [4.69, 9.17) is 9.47 Å². The molecule has 0 aromatic heterocycles. The van der Waals surface area contributed by atoms with Gasteiger partial charge in [-0.25, -0.2) is 0 Å². The van der Waals surface area contributed by atoms with Crippen molar-refractivity contribution in [3.63, 3.8) is 0 Å². The number of benzene rings is 1. The van der Waals surface area contributed by atoms with Crippen LogP contribution in [0.15, 0.2) is 33.7 Å². The first kappa shape index (κ1) is 21.4. The molecule has 7 nitrogen and oxygen atoms in total. The van der Waals surface area contributed by atoms with Gasteiger partial charge in [0.1, 0.15) is 0 Å². The smallest absolute Gasteiger partial charge is 0.251 e. The molecule has 3 N–H and O–H groups in total. The maximum atomic E-state index is 12.0. The monoisotopic (exact) mass is 414 g/mol. The molecule has 25 heavy (non-hydrogen) atoms. The molecular weight excluding hydrogens is 388 g/mol. The number of carbonyl (C=O) groups excluding carboxylic acids is 1. The quantitative estimate of drug-likeness (QED) is 0.289. The standard InChI is InChI=1S/C17H27BrN4O3/c1-19-17(21-8-3-11-25-13-12-24-2)22-10-9-20-16(23)14-4-6-15(18)7-5-14/h4-7H,3,8-13H2,1-2H3,(H,20,23)(H2,19,21,22). The third-order valence-electron chi connectivity index (χ3n) is 3.22. The van der Waals surface area contributed by atoms with Crippen molar-refractivity contribution in [3.8, 4) is 0 Å². The van der Waals surface area contributed by atoms with Gasteiger partial charge in [-0.15, -0.1) is 0 Å². The highest BCUT2D eigenvalue weighted by Crippen LogP contribution is 2.10. The Morgan fingerprint density at radius 2 is 1.72 bits per heavy atom. The summed E-state index contributed by atoms with van der Waals surface area (Å²) in [6, 6.07) is 7.25. The van der Waals surface area contributed by atoms with Gasteiger partial charge < -0.3 is 25.4 Å². The van der Waals surface area contributed by atoms with E-state index in [-0.39, 0.29) is 5.91 Å². The highest BCUT2D eigenvalue weighted by atomic mass is 79.9. The van der Waals surface area contributed by atoms with Crippen LogP contribution in [-0.4, -0.2) is 65.5 Å². The average Bonchev–Trinajstić information content (AvgIpc) is 2.63. The van der Waals surface area contributed by atoms with Gasteiger partial charge in [-0.05, 0) is 30.7 Å². The molecule has 0 aliphatic carbocycles. The number of methoxy groups -OCH3 is 1. The van der Waals surface area contributed by atoms with Gasteiger partial charge in [0.05, 0.1) is 13.2 Å². The zero-order valence-corrected chi connectivity index (χ0v) is 16.4.